The Morgan fingerprint density at radius 2 is 1.24 bits per heavy atom. The van der Waals surface area contributed by atoms with Crippen molar-refractivity contribution in [2.75, 3.05) is 13.2 Å². The third kappa shape index (κ3) is 10.4. The maximum absolute atomic E-state index is 6.42. The summed E-state index contributed by atoms with van der Waals surface area (Å²) in [5.41, 5.74) is 5.81. The van der Waals surface area contributed by atoms with Crippen molar-refractivity contribution in [3.8, 4) is 0 Å². The number of hydrazine groups is 1. The van der Waals surface area contributed by atoms with Crippen molar-refractivity contribution in [3.05, 3.63) is 83.4 Å². The summed E-state index contributed by atoms with van der Waals surface area (Å²) in [7, 11) is 0. The van der Waals surface area contributed by atoms with E-state index in [9.17, 15) is 0 Å². The predicted octanol–water partition coefficient (Wildman–Crippen LogP) is 8.27. The number of nitrogens with zero attached hydrogens (tertiary/aromatic N) is 2. The number of hydrogen-bond acceptors (Lipinski definition) is 6. The summed E-state index contributed by atoms with van der Waals surface area (Å²) in [6, 6.07) is 20.2. The SMILES string of the molecule is CCCCCCCCOC1=C(OCc2ccccc2)C(c2ccccc2)=NNN1OCCCCCCCC. The number of hydrazone groups is 1. The standard InChI is InChI=1S/C32H47N3O3/c1-3-5-7-9-11-19-25-36-32-31(37-27-28-21-15-13-16-22-28)30(29-23-17-14-18-24-29)33-34-35(32)38-26-20-12-10-8-6-4-2/h13-18,21-24,34H,3-12,19-20,25-27H2,1-2H3. The molecule has 6 heteroatoms. The van der Waals surface area contributed by atoms with Gasteiger partial charge in [0, 0.05) is 5.56 Å². The van der Waals surface area contributed by atoms with E-state index in [2.05, 4.69) is 36.6 Å². The zero-order chi connectivity index (χ0) is 26.7. The number of benzene rings is 2. The number of ether oxygens (including phenoxy) is 2. The molecule has 208 valence electrons. The van der Waals surface area contributed by atoms with Gasteiger partial charge in [-0.05, 0) is 18.4 Å². The Labute approximate surface area is 230 Å². The fraction of sp³-hybridized carbons (Fsp3) is 0.531. The molecular formula is C32H47N3O3. The van der Waals surface area contributed by atoms with E-state index < -0.39 is 0 Å². The van der Waals surface area contributed by atoms with Crippen LogP contribution in [0.4, 0.5) is 0 Å². The molecule has 38 heavy (non-hydrogen) atoms. The van der Waals surface area contributed by atoms with Crippen LogP contribution in [0.2, 0.25) is 0 Å². The van der Waals surface area contributed by atoms with Gasteiger partial charge in [-0.1, -0.05) is 139 Å². The van der Waals surface area contributed by atoms with Gasteiger partial charge < -0.3 is 9.47 Å². The van der Waals surface area contributed by atoms with Crippen LogP contribution in [0.25, 0.3) is 0 Å². The topological polar surface area (TPSA) is 55.3 Å². The number of hydrogen-bond donors (Lipinski definition) is 1. The summed E-state index contributed by atoms with van der Waals surface area (Å²) < 4.78 is 12.8. The van der Waals surface area contributed by atoms with Gasteiger partial charge >= 0.3 is 0 Å². The molecule has 0 spiro atoms. The molecule has 0 amide bonds. The zero-order valence-electron chi connectivity index (χ0n) is 23.5. The maximum atomic E-state index is 6.42. The Bertz CT molecular complexity index is 947. The van der Waals surface area contributed by atoms with E-state index in [-0.39, 0.29) is 0 Å². The highest BCUT2D eigenvalue weighted by Gasteiger charge is 2.29. The van der Waals surface area contributed by atoms with Crippen molar-refractivity contribution in [2.45, 2.75) is 97.5 Å². The van der Waals surface area contributed by atoms with Crippen molar-refractivity contribution in [1.82, 2.24) is 10.7 Å². The molecule has 0 saturated heterocycles. The first-order chi connectivity index (χ1) is 18.8. The molecule has 1 aliphatic heterocycles. The fourth-order valence-corrected chi connectivity index (χ4v) is 4.34. The van der Waals surface area contributed by atoms with Crippen molar-refractivity contribution in [1.29, 1.82) is 0 Å². The number of unbranched alkanes of at least 4 members (excludes halogenated alkanes) is 10. The lowest BCUT2D eigenvalue weighted by molar-refractivity contribution is -0.206. The van der Waals surface area contributed by atoms with Crippen molar-refractivity contribution in [2.24, 2.45) is 5.10 Å². The van der Waals surface area contributed by atoms with E-state index in [4.69, 9.17) is 14.3 Å². The van der Waals surface area contributed by atoms with Crippen LogP contribution in [0.5, 0.6) is 0 Å². The molecule has 3 rings (SSSR count). The smallest absolute Gasteiger partial charge is 0.282 e. The maximum Gasteiger partial charge on any atom is 0.282 e. The van der Waals surface area contributed by atoms with Crippen LogP contribution < -0.4 is 5.53 Å². The van der Waals surface area contributed by atoms with Gasteiger partial charge in [0.25, 0.3) is 5.88 Å². The molecule has 0 bridgehead atoms. The van der Waals surface area contributed by atoms with Gasteiger partial charge in [-0.25, -0.2) is 4.84 Å². The minimum atomic E-state index is 0.414. The van der Waals surface area contributed by atoms with Gasteiger partial charge in [-0.15, -0.1) is 5.17 Å². The minimum Gasteiger partial charge on any atom is -0.481 e. The lowest BCUT2D eigenvalue weighted by Crippen LogP contribution is -2.41. The Hall–Kier alpha value is -2.99. The van der Waals surface area contributed by atoms with Crippen LogP contribution in [0.15, 0.2) is 77.4 Å². The van der Waals surface area contributed by atoms with Crippen molar-refractivity contribution >= 4 is 5.71 Å². The number of allylic oxidation sites excluding steroid dienone is 1. The Balaban J connectivity index is 1.73. The van der Waals surface area contributed by atoms with Crippen molar-refractivity contribution < 1.29 is 14.3 Å². The first-order valence-corrected chi connectivity index (χ1v) is 14.7. The van der Waals surface area contributed by atoms with E-state index >= 15 is 0 Å². The fourth-order valence-electron chi connectivity index (χ4n) is 4.34. The summed E-state index contributed by atoms with van der Waals surface area (Å²) >= 11 is 0. The zero-order valence-corrected chi connectivity index (χ0v) is 23.5. The first kappa shape index (κ1) is 29.6. The quantitative estimate of drug-likeness (QED) is 0.178. The molecule has 0 saturated carbocycles. The van der Waals surface area contributed by atoms with Gasteiger partial charge in [0.15, 0.2) is 0 Å². The van der Waals surface area contributed by atoms with Crippen LogP contribution in [0, 0.1) is 0 Å². The molecular weight excluding hydrogens is 474 g/mol. The second-order valence-corrected chi connectivity index (χ2v) is 9.85. The number of rotatable bonds is 20. The molecule has 0 aliphatic carbocycles. The van der Waals surface area contributed by atoms with Gasteiger partial charge in [0.2, 0.25) is 5.76 Å². The summed E-state index contributed by atoms with van der Waals surface area (Å²) in [4.78, 5) is 6.13. The van der Waals surface area contributed by atoms with E-state index in [1.54, 1.807) is 5.17 Å². The van der Waals surface area contributed by atoms with Gasteiger partial charge in [0.1, 0.15) is 12.3 Å². The average Bonchev–Trinajstić information content (AvgIpc) is 2.96. The van der Waals surface area contributed by atoms with Gasteiger partial charge in [-0.2, -0.15) is 10.6 Å². The Morgan fingerprint density at radius 3 is 1.89 bits per heavy atom. The molecule has 6 nitrogen and oxygen atoms in total. The number of nitrogens with one attached hydrogen (secondary N) is 1. The van der Waals surface area contributed by atoms with Crippen LogP contribution in [0.3, 0.4) is 0 Å². The number of hydroxylamine groups is 1. The molecule has 1 N–H and O–H groups in total. The van der Waals surface area contributed by atoms with E-state index in [0.717, 1.165) is 36.8 Å². The van der Waals surface area contributed by atoms with Crippen molar-refractivity contribution in [3.63, 3.8) is 0 Å². The lowest BCUT2D eigenvalue weighted by atomic mass is 10.1. The highest BCUT2D eigenvalue weighted by molar-refractivity contribution is 6.11. The normalized spacial score (nSPS) is 13.3. The molecule has 0 radical (unpaired) electrons. The molecule has 0 atom stereocenters. The average molecular weight is 522 g/mol. The van der Waals surface area contributed by atoms with E-state index in [1.165, 1.54) is 51.4 Å². The second-order valence-electron chi connectivity index (χ2n) is 9.85. The van der Waals surface area contributed by atoms with Crippen LogP contribution in [-0.4, -0.2) is 24.1 Å². The Morgan fingerprint density at radius 1 is 0.658 bits per heavy atom. The van der Waals surface area contributed by atoms with Gasteiger partial charge in [-0.3, -0.25) is 0 Å². The molecule has 1 heterocycles. The summed E-state index contributed by atoms with van der Waals surface area (Å²) in [5, 5.41) is 6.20. The van der Waals surface area contributed by atoms with Gasteiger partial charge in [0.05, 0.1) is 13.2 Å². The molecule has 0 fully saturated rings. The van der Waals surface area contributed by atoms with Crippen LogP contribution in [-0.2, 0) is 20.9 Å². The third-order valence-electron chi connectivity index (χ3n) is 6.57. The summed E-state index contributed by atoms with van der Waals surface area (Å²) in [5.74, 6) is 1.13. The molecule has 0 unspecified atom stereocenters. The third-order valence-corrected chi connectivity index (χ3v) is 6.57. The molecule has 2 aromatic carbocycles. The highest BCUT2D eigenvalue weighted by Crippen LogP contribution is 2.24. The molecule has 0 aromatic heterocycles. The summed E-state index contributed by atoms with van der Waals surface area (Å²) in [6.45, 7) is 6.09. The monoisotopic (exact) mass is 521 g/mol. The Kier molecular flexibility index (Phi) is 14.2. The molecule has 2 aromatic rings. The molecule has 1 aliphatic rings. The lowest BCUT2D eigenvalue weighted by Gasteiger charge is -2.30. The van der Waals surface area contributed by atoms with E-state index in [0.29, 0.717) is 37.2 Å². The minimum absolute atomic E-state index is 0.414. The highest BCUT2D eigenvalue weighted by atomic mass is 16.7. The van der Waals surface area contributed by atoms with E-state index in [1.807, 2.05) is 48.5 Å². The van der Waals surface area contributed by atoms with Crippen LogP contribution in [0.1, 0.15) is 102 Å². The first-order valence-electron chi connectivity index (χ1n) is 14.7. The largest absolute Gasteiger partial charge is 0.481 e. The van der Waals surface area contributed by atoms with Crippen LogP contribution >= 0.6 is 0 Å². The second kappa shape index (κ2) is 18.3. The predicted molar refractivity (Wildman–Crippen MR) is 155 cm³/mol. The summed E-state index contributed by atoms with van der Waals surface area (Å²) in [6.07, 6.45) is 14.4.